The molecule has 0 saturated carbocycles. The molecule has 6 nitrogen and oxygen atoms in total. The quantitative estimate of drug-likeness (QED) is 0.225. The molecule has 0 bridgehead atoms. The molecule has 1 heterocycles. The van der Waals surface area contributed by atoms with Crippen LogP contribution in [0.2, 0.25) is 0 Å². The summed E-state index contributed by atoms with van der Waals surface area (Å²) < 4.78 is 18.5. The highest BCUT2D eigenvalue weighted by molar-refractivity contribution is 5.95. The standard InChI is InChI=1S/C18H19FN2O2.C8H15NO.C7H8/c1-21-12-2-3-17(21)18(22)20-14-6-10-16(11-7-14)23-15-8-4-13(19)5-9-15;1-3-5-9(6-4-2)7-8-10;1-7-5-3-2-4-6-7/h4-11,17H,2-3,12H2,1H3,(H,20,22);3,8H,1,4-7H2,2H3;2-6H,1H3/t17-;;/m0../s1. The van der Waals surface area contributed by atoms with Crippen LogP contribution in [0.25, 0.3) is 0 Å². The molecular formula is C33H42FN3O3. The van der Waals surface area contributed by atoms with Gasteiger partial charge in [0.2, 0.25) is 5.91 Å². The zero-order valence-corrected chi connectivity index (χ0v) is 23.9. The van der Waals surface area contributed by atoms with Gasteiger partial charge in [0, 0.05) is 12.2 Å². The number of hydrogen-bond acceptors (Lipinski definition) is 5. The van der Waals surface area contributed by atoms with Crippen LogP contribution in [0.3, 0.4) is 0 Å². The number of anilines is 1. The first-order valence-corrected chi connectivity index (χ1v) is 13.7. The molecule has 1 fully saturated rings. The van der Waals surface area contributed by atoms with E-state index in [2.05, 4.69) is 47.7 Å². The number of nitrogens with one attached hydrogen (secondary N) is 1. The minimum Gasteiger partial charge on any atom is -0.457 e. The summed E-state index contributed by atoms with van der Waals surface area (Å²) in [5.74, 6) is 0.924. The molecule has 7 heteroatoms. The number of hydrogen-bond donors (Lipinski definition) is 1. The molecule has 1 amide bonds. The van der Waals surface area contributed by atoms with Gasteiger partial charge in [-0.25, -0.2) is 4.39 Å². The van der Waals surface area contributed by atoms with Gasteiger partial charge in [-0.2, -0.15) is 0 Å². The van der Waals surface area contributed by atoms with Crippen LogP contribution < -0.4 is 10.1 Å². The second-order valence-corrected chi connectivity index (χ2v) is 9.58. The predicted octanol–water partition coefficient (Wildman–Crippen LogP) is 6.73. The summed E-state index contributed by atoms with van der Waals surface area (Å²) >= 11 is 0. The second-order valence-electron chi connectivity index (χ2n) is 9.58. The Bertz CT molecular complexity index is 1130. The molecule has 0 aliphatic carbocycles. The summed E-state index contributed by atoms with van der Waals surface area (Å²) in [5.41, 5.74) is 2.06. The lowest BCUT2D eigenvalue weighted by molar-refractivity contribution is -0.120. The van der Waals surface area contributed by atoms with Gasteiger partial charge in [-0.15, -0.1) is 6.58 Å². The molecule has 40 heavy (non-hydrogen) atoms. The Morgan fingerprint density at radius 2 is 1.68 bits per heavy atom. The fraction of sp³-hybridized carbons (Fsp3) is 0.333. The summed E-state index contributed by atoms with van der Waals surface area (Å²) in [6, 6.07) is 23.2. The van der Waals surface area contributed by atoms with Crippen molar-refractivity contribution in [1.29, 1.82) is 0 Å². The van der Waals surface area contributed by atoms with Crippen molar-refractivity contribution < 1.29 is 18.7 Å². The lowest BCUT2D eigenvalue weighted by atomic mass is 10.2. The van der Waals surface area contributed by atoms with E-state index in [1.165, 1.54) is 17.7 Å². The van der Waals surface area contributed by atoms with Gasteiger partial charge in [0.15, 0.2) is 0 Å². The Balaban J connectivity index is 0.000000271. The van der Waals surface area contributed by atoms with Crippen LogP contribution in [-0.2, 0) is 9.59 Å². The highest BCUT2D eigenvalue weighted by Gasteiger charge is 2.27. The van der Waals surface area contributed by atoms with Crippen molar-refractivity contribution in [3.05, 3.63) is 103 Å². The van der Waals surface area contributed by atoms with Crippen LogP contribution in [0.15, 0.2) is 91.5 Å². The van der Waals surface area contributed by atoms with Crippen molar-refractivity contribution in [3.63, 3.8) is 0 Å². The molecule has 3 aromatic carbocycles. The molecule has 214 valence electrons. The summed E-state index contributed by atoms with van der Waals surface area (Å²) in [6.45, 7) is 11.1. The van der Waals surface area contributed by atoms with E-state index in [1.54, 1.807) is 36.4 Å². The Kier molecular flexibility index (Phi) is 15.0. The van der Waals surface area contributed by atoms with Crippen molar-refractivity contribution in [3.8, 4) is 11.5 Å². The average Bonchev–Trinajstić information content (AvgIpc) is 3.39. The van der Waals surface area contributed by atoms with Crippen LogP contribution in [0.4, 0.5) is 10.1 Å². The predicted molar refractivity (Wildman–Crippen MR) is 161 cm³/mol. The number of likely N-dealkylation sites (tertiary alicyclic amines) is 1. The van der Waals surface area contributed by atoms with E-state index in [9.17, 15) is 14.0 Å². The maximum absolute atomic E-state index is 12.9. The van der Waals surface area contributed by atoms with Crippen molar-refractivity contribution in [2.24, 2.45) is 0 Å². The number of benzene rings is 3. The normalized spacial score (nSPS) is 14.3. The Labute approximate surface area is 238 Å². The molecule has 0 unspecified atom stereocenters. The number of likely N-dealkylation sites (N-methyl/N-ethyl adjacent to an activating group) is 1. The molecular weight excluding hydrogens is 505 g/mol. The minimum absolute atomic E-state index is 0.0252. The zero-order valence-electron chi connectivity index (χ0n) is 23.9. The third kappa shape index (κ3) is 12.4. The summed E-state index contributed by atoms with van der Waals surface area (Å²) in [7, 11) is 1.97. The molecule has 1 aliphatic heterocycles. The fourth-order valence-electron chi connectivity index (χ4n) is 4.11. The maximum atomic E-state index is 12.9. The monoisotopic (exact) mass is 547 g/mol. The smallest absolute Gasteiger partial charge is 0.241 e. The van der Waals surface area contributed by atoms with Crippen molar-refractivity contribution in [1.82, 2.24) is 9.80 Å². The first-order valence-electron chi connectivity index (χ1n) is 13.7. The van der Waals surface area contributed by atoms with E-state index in [4.69, 9.17) is 4.74 Å². The third-order valence-corrected chi connectivity index (χ3v) is 6.19. The van der Waals surface area contributed by atoms with Gasteiger partial charge >= 0.3 is 0 Å². The van der Waals surface area contributed by atoms with Crippen LogP contribution in [0.1, 0.15) is 31.7 Å². The number of rotatable bonds is 10. The molecule has 1 N–H and O–H groups in total. The lowest BCUT2D eigenvalue weighted by Crippen LogP contribution is -2.37. The van der Waals surface area contributed by atoms with Gasteiger partial charge in [-0.05, 0) is 94.9 Å². The van der Waals surface area contributed by atoms with Gasteiger partial charge < -0.3 is 14.8 Å². The molecule has 0 spiro atoms. The Hall–Kier alpha value is -3.81. The minimum atomic E-state index is -0.299. The highest BCUT2D eigenvalue weighted by atomic mass is 19.1. The zero-order chi connectivity index (χ0) is 29.2. The van der Waals surface area contributed by atoms with Crippen LogP contribution >= 0.6 is 0 Å². The SMILES string of the molecule is C=CCN(CC=O)CCC.CN1CCC[C@H]1C(=O)Nc1ccc(Oc2ccc(F)cc2)cc1.Cc1ccccc1. The number of amides is 1. The number of ether oxygens (including phenoxy) is 1. The average molecular weight is 548 g/mol. The number of halogens is 1. The van der Waals surface area contributed by atoms with Crippen LogP contribution in [-0.4, -0.2) is 61.3 Å². The molecule has 0 radical (unpaired) electrons. The molecule has 3 aromatic rings. The number of aryl methyl sites for hydroxylation is 1. The molecule has 1 saturated heterocycles. The number of aldehydes is 1. The number of carbonyl (C=O) groups excluding carboxylic acids is 2. The molecule has 1 atom stereocenters. The van der Waals surface area contributed by atoms with Crippen molar-refractivity contribution in [2.45, 2.75) is 39.2 Å². The lowest BCUT2D eigenvalue weighted by Gasteiger charge is -2.18. The first kappa shape index (κ1) is 32.4. The molecule has 4 rings (SSSR count). The van der Waals surface area contributed by atoms with E-state index in [1.807, 2.05) is 31.3 Å². The van der Waals surface area contributed by atoms with Gasteiger partial charge in [-0.1, -0.05) is 48.9 Å². The van der Waals surface area contributed by atoms with Crippen LogP contribution in [0, 0.1) is 12.7 Å². The second kappa shape index (κ2) is 18.5. The summed E-state index contributed by atoms with van der Waals surface area (Å²) in [5, 5.41) is 2.93. The van der Waals surface area contributed by atoms with Gasteiger partial charge in [0.25, 0.3) is 0 Å². The van der Waals surface area contributed by atoms with E-state index < -0.39 is 0 Å². The Morgan fingerprint density at radius 3 is 2.15 bits per heavy atom. The van der Waals surface area contributed by atoms with Crippen molar-refractivity contribution >= 4 is 17.9 Å². The summed E-state index contributed by atoms with van der Waals surface area (Å²) in [4.78, 5) is 26.4. The van der Waals surface area contributed by atoms with Crippen molar-refractivity contribution in [2.75, 3.05) is 38.5 Å². The van der Waals surface area contributed by atoms with Gasteiger partial charge in [0.1, 0.15) is 23.6 Å². The Morgan fingerprint density at radius 1 is 1.05 bits per heavy atom. The topological polar surface area (TPSA) is 61.9 Å². The van der Waals surface area contributed by atoms with E-state index in [-0.39, 0.29) is 17.8 Å². The third-order valence-electron chi connectivity index (χ3n) is 6.19. The largest absolute Gasteiger partial charge is 0.457 e. The van der Waals surface area contributed by atoms with E-state index in [0.29, 0.717) is 18.0 Å². The fourth-order valence-corrected chi connectivity index (χ4v) is 4.11. The van der Waals surface area contributed by atoms with E-state index >= 15 is 0 Å². The number of nitrogens with zero attached hydrogens (tertiary/aromatic N) is 2. The molecule has 0 aromatic heterocycles. The number of carbonyl (C=O) groups is 2. The highest BCUT2D eigenvalue weighted by Crippen LogP contribution is 2.24. The first-order chi connectivity index (χ1) is 19.4. The van der Waals surface area contributed by atoms with Gasteiger partial charge in [-0.3, -0.25) is 14.6 Å². The van der Waals surface area contributed by atoms with Crippen LogP contribution in [0.5, 0.6) is 11.5 Å². The molecule has 1 aliphatic rings. The maximum Gasteiger partial charge on any atom is 0.241 e. The van der Waals surface area contributed by atoms with E-state index in [0.717, 1.165) is 50.9 Å². The van der Waals surface area contributed by atoms with Gasteiger partial charge in [0.05, 0.1) is 12.6 Å². The summed E-state index contributed by atoms with van der Waals surface area (Å²) in [6.07, 6.45) is 5.78.